The number of benzene rings is 1. The molecule has 4 aromatic rings. The van der Waals surface area contributed by atoms with E-state index in [0.29, 0.717) is 24.3 Å². The van der Waals surface area contributed by atoms with Gasteiger partial charge in [-0.3, -0.25) is 14.0 Å². The fraction of sp³-hybridized carbons (Fsp3) is 0.400. The van der Waals surface area contributed by atoms with Crippen molar-refractivity contribution in [3.8, 4) is 17.2 Å². The SMILES string of the molecule is COc1cc([C@H](CC(=O)NCC2(Cc3nnc4ccccn34)CCCCC2)c2oc(C)cc(=O)c2O)ccc1O. The van der Waals surface area contributed by atoms with E-state index < -0.39 is 17.1 Å². The standard InChI is InChI=1S/C30H34N4O6/c1-19-14-23(36)28(38)29(40-19)21(20-9-10-22(35)24(15-20)39-2)16-27(37)31-18-30(11-5-3-6-12-30)17-26-33-32-25-8-4-7-13-34(25)26/h4,7-10,13-15,21,35,38H,3,5-6,11-12,16-18H2,1-2H3,(H,31,37)/t21-/m0/s1. The second-order valence-corrected chi connectivity index (χ2v) is 10.7. The number of carbonyl (C=O) groups is 1. The van der Waals surface area contributed by atoms with E-state index in [1.165, 1.54) is 19.2 Å². The van der Waals surface area contributed by atoms with Crippen molar-refractivity contribution in [1.29, 1.82) is 0 Å². The first-order valence-corrected chi connectivity index (χ1v) is 13.5. The quantitative estimate of drug-likeness (QED) is 0.283. The molecule has 0 saturated heterocycles. The van der Waals surface area contributed by atoms with E-state index in [1.54, 1.807) is 19.1 Å². The van der Waals surface area contributed by atoms with Gasteiger partial charge >= 0.3 is 0 Å². The molecule has 10 nitrogen and oxygen atoms in total. The molecule has 1 amide bonds. The van der Waals surface area contributed by atoms with E-state index in [1.807, 2.05) is 28.8 Å². The molecule has 3 aromatic heterocycles. The fourth-order valence-corrected chi connectivity index (χ4v) is 5.74. The highest BCUT2D eigenvalue weighted by atomic mass is 16.5. The maximum absolute atomic E-state index is 13.5. The number of aromatic nitrogens is 3. The van der Waals surface area contributed by atoms with Gasteiger partial charge in [-0.05, 0) is 55.0 Å². The Morgan fingerprint density at radius 1 is 1.15 bits per heavy atom. The highest BCUT2D eigenvalue weighted by Gasteiger charge is 2.35. The third-order valence-corrected chi connectivity index (χ3v) is 7.88. The fourth-order valence-electron chi connectivity index (χ4n) is 5.74. The monoisotopic (exact) mass is 546 g/mol. The molecule has 40 heavy (non-hydrogen) atoms. The maximum atomic E-state index is 13.5. The van der Waals surface area contributed by atoms with Gasteiger partial charge in [0.25, 0.3) is 0 Å². The highest BCUT2D eigenvalue weighted by molar-refractivity contribution is 5.77. The van der Waals surface area contributed by atoms with Crippen LogP contribution >= 0.6 is 0 Å². The molecular weight excluding hydrogens is 512 g/mol. The van der Waals surface area contributed by atoms with Gasteiger partial charge in [0.2, 0.25) is 17.1 Å². The van der Waals surface area contributed by atoms with Crippen LogP contribution in [-0.2, 0) is 11.2 Å². The molecule has 1 atom stereocenters. The van der Waals surface area contributed by atoms with Crippen LogP contribution in [0.4, 0.5) is 0 Å². The number of carbonyl (C=O) groups excluding carboxylic acids is 1. The normalized spacial score (nSPS) is 15.6. The van der Waals surface area contributed by atoms with Crippen molar-refractivity contribution < 1.29 is 24.2 Å². The summed E-state index contributed by atoms with van der Waals surface area (Å²) in [5, 5.41) is 32.6. The van der Waals surface area contributed by atoms with Crippen molar-refractivity contribution in [2.24, 2.45) is 5.41 Å². The number of rotatable bonds is 9. The predicted octanol–water partition coefficient (Wildman–Crippen LogP) is 4.24. The lowest BCUT2D eigenvalue weighted by atomic mass is 9.71. The Hall–Kier alpha value is -4.34. The van der Waals surface area contributed by atoms with Crippen LogP contribution in [0.3, 0.4) is 0 Å². The largest absolute Gasteiger partial charge is 0.504 e. The van der Waals surface area contributed by atoms with Gasteiger partial charge in [-0.25, -0.2) is 0 Å². The molecule has 0 unspecified atom stereocenters. The van der Waals surface area contributed by atoms with E-state index in [0.717, 1.165) is 43.6 Å². The van der Waals surface area contributed by atoms with Gasteiger partial charge in [0.1, 0.15) is 11.6 Å². The zero-order valence-corrected chi connectivity index (χ0v) is 22.7. The van der Waals surface area contributed by atoms with Crippen LogP contribution in [0.15, 0.2) is 57.9 Å². The first-order valence-electron chi connectivity index (χ1n) is 13.5. The van der Waals surface area contributed by atoms with Crippen LogP contribution in [0.2, 0.25) is 0 Å². The van der Waals surface area contributed by atoms with Crippen LogP contribution in [0.25, 0.3) is 5.65 Å². The summed E-state index contributed by atoms with van der Waals surface area (Å²) in [7, 11) is 1.42. The number of aromatic hydroxyl groups is 2. The number of nitrogens with one attached hydrogen (secondary N) is 1. The lowest BCUT2D eigenvalue weighted by Gasteiger charge is -2.37. The van der Waals surface area contributed by atoms with Crippen LogP contribution in [-0.4, -0.2) is 44.4 Å². The summed E-state index contributed by atoms with van der Waals surface area (Å²) in [6.45, 7) is 2.07. The second-order valence-electron chi connectivity index (χ2n) is 10.7. The lowest BCUT2D eigenvalue weighted by molar-refractivity contribution is -0.122. The third kappa shape index (κ3) is 5.66. The van der Waals surface area contributed by atoms with Crippen molar-refractivity contribution in [3.05, 3.63) is 81.8 Å². The minimum atomic E-state index is -0.787. The molecule has 210 valence electrons. The Kier molecular flexibility index (Phi) is 7.77. The Balaban J connectivity index is 1.40. The number of nitrogens with zero attached hydrogens (tertiary/aromatic N) is 3. The molecule has 3 N–H and O–H groups in total. The van der Waals surface area contributed by atoms with Crippen LogP contribution < -0.4 is 15.5 Å². The number of phenols is 1. The minimum absolute atomic E-state index is 0.00444. The van der Waals surface area contributed by atoms with Gasteiger partial charge in [0.15, 0.2) is 22.9 Å². The molecule has 0 aliphatic heterocycles. The number of methoxy groups -OCH3 is 1. The molecular formula is C30H34N4O6. The van der Waals surface area contributed by atoms with Gasteiger partial charge in [0.05, 0.1) is 13.0 Å². The van der Waals surface area contributed by atoms with E-state index in [-0.39, 0.29) is 35.0 Å². The summed E-state index contributed by atoms with van der Waals surface area (Å²) >= 11 is 0. The summed E-state index contributed by atoms with van der Waals surface area (Å²) in [5.41, 5.74) is 0.592. The van der Waals surface area contributed by atoms with Crippen molar-refractivity contribution in [2.75, 3.05) is 13.7 Å². The zero-order valence-electron chi connectivity index (χ0n) is 22.7. The first kappa shape index (κ1) is 27.2. The Morgan fingerprint density at radius 2 is 1.95 bits per heavy atom. The summed E-state index contributed by atoms with van der Waals surface area (Å²) < 4.78 is 13.0. The molecule has 0 bridgehead atoms. The maximum Gasteiger partial charge on any atom is 0.227 e. The van der Waals surface area contributed by atoms with Crippen LogP contribution in [0, 0.1) is 12.3 Å². The van der Waals surface area contributed by atoms with E-state index in [9.17, 15) is 19.8 Å². The number of phenolic OH excluding ortho intramolecular Hbond substituents is 1. The number of ether oxygens (including phenoxy) is 1. The summed E-state index contributed by atoms with van der Waals surface area (Å²) in [4.78, 5) is 25.9. The van der Waals surface area contributed by atoms with Crippen LogP contribution in [0.1, 0.15) is 67.4 Å². The topological polar surface area (TPSA) is 139 Å². The average Bonchev–Trinajstić information content (AvgIpc) is 3.36. The Labute approximate surface area is 231 Å². The predicted molar refractivity (Wildman–Crippen MR) is 148 cm³/mol. The molecule has 10 heteroatoms. The highest BCUT2D eigenvalue weighted by Crippen LogP contribution is 2.40. The second kappa shape index (κ2) is 11.4. The Morgan fingerprint density at radius 3 is 2.73 bits per heavy atom. The molecule has 5 rings (SSSR count). The van der Waals surface area contributed by atoms with Gasteiger partial charge in [-0.2, -0.15) is 0 Å². The first-order chi connectivity index (χ1) is 19.3. The third-order valence-electron chi connectivity index (χ3n) is 7.88. The van der Waals surface area contributed by atoms with Crippen molar-refractivity contribution in [1.82, 2.24) is 19.9 Å². The van der Waals surface area contributed by atoms with Gasteiger partial charge in [0, 0.05) is 31.6 Å². The number of amides is 1. The summed E-state index contributed by atoms with van der Waals surface area (Å²) in [5.74, 6) is -0.263. The molecule has 1 aromatic carbocycles. The molecule has 1 aliphatic rings. The number of pyridine rings is 1. The molecule has 3 heterocycles. The smallest absolute Gasteiger partial charge is 0.227 e. The van der Waals surface area contributed by atoms with Gasteiger partial charge in [-0.1, -0.05) is 31.4 Å². The Bertz CT molecular complexity index is 1570. The lowest BCUT2D eigenvalue weighted by Crippen LogP contribution is -2.41. The number of hydrogen-bond donors (Lipinski definition) is 3. The van der Waals surface area contributed by atoms with Crippen molar-refractivity contribution >= 4 is 11.6 Å². The molecule has 0 radical (unpaired) electrons. The van der Waals surface area contributed by atoms with Crippen molar-refractivity contribution in [3.63, 3.8) is 0 Å². The summed E-state index contributed by atoms with van der Waals surface area (Å²) in [6, 6.07) is 11.7. The van der Waals surface area contributed by atoms with Gasteiger partial charge in [-0.15, -0.1) is 10.2 Å². The zero-order chi connectivity index (χ0) is 28.3. The summed E-state index contributed by atoms with van der Waals surface area (Å²) in [6.07, 6.45) is 7.78. The van der Waals surface area contributed by atoms with E-state index in [4.69, 9.17) is 9.15 Å². The average molecular weight is 547 g/mol. The van der Waals surface area contributed by atoms with Gasteiger partial charge < -0.3 is 24.7 Å². The molecule has 1 saturated carbocycles. The van der Waals surface area contributed by atoms with Crippen molar-refractivity contribution in [2.45, 2.75) is 57.8 Å². The van der Waals surface area contributed by atoms with E-state index >= 15 is 0 Å². The number of hydrogen-bond acceptors (Lipinski definition) is 8. The molecule has 1 fully saturated rings. The number of aryl methyl sites for hydroxylation is 1. The molecule has 0 spiro atoms. The van der Waals surface area contributed by atoms with Crippen LogP contribution in [0.5, 0.6) is 17.2 Å². The number of fused-ring (bicyclic) bond motifs is 1. The molecule has 1 aliphatic carbocycles. The van der Waals surface area contributed by atoms with E-state index in [2.05, 4.69) is 15.5 Å². The minimum Gasteiger partial charge on any atom is -0.504 e.